The second-order valence-corrected chi connectivity index (χ2v) is 5.52. The Balaban J connectivity index is 1.59. The third kappa shape index (κ3) is 3.92. The summed E-state index contributed by atoms with van der Waals surface area (Å²) < 4.78 is 5.58. The number of anilines is 1. The van der Waals surface area contributed by atoms with Crippen molar-refractivity contribution in [1.29, 1.82) is 0 Å². The molecule has 8 heteroatoms. The lowest BCUT2D eigenvalue weighted by Crippen LogP contribution is -2.15. The van der Waals surface area contributed by atoms with E-state index < -0.39 is 0 Å². The van der Waals surface area contributed by atoms with Gasteiger partial charge in [0.05, 0.1) is 5.75 Å². The number of thioether (sulfide) groups is 1. The van der Waals surface area contributed by atoms with Gasteiger partial charge >= 0.3 is 0 Å². The number of nitrogens with one attached hydrogen (secondary N) is 1. The number of amides is 1. The molecule has 0 aliphatic heterocycles. The van der Waals surface area contributed by atoms with Crippen molar-refractivity contribution in [2.24, 2.45) is 0 Å². The first-order valence-electron chi connectivity index (χ1n) is 6.81. The number of hydrogen-bond donors (Lipinski definition) is 1. The molecule has 0 saturated heterocycles. The summed E-state index contributed by atoms with van der Waals surface area (Å²) in [6.45, 7) is 1.97. The van der Waals surface area contributed by atoms with Gasteiger partial charge in [-0.05, 0) is 24.6 Å². The van der Waals surface area contributed by atoms with Gasteiger partial charge in [-0.3, -0.25) is 10.1 Å². The van der Waals surface area contributed by atoms with E-state index in [0.29, 0.717) is 11.1 Å². The van der Waals surface area contributed by atoms with E-state index in [0.717, 1.165) is 22.9 Å². The van der Waals surface area contributed by atoms with Gasteiger partial charge in [-0.25, -0.2) is 9.97 Å². The van der Waals surface area contributed by atoms with Crippen LogP contribution in [0.1, 0.15) is 5.56 Å². The second-order valence-electron chi connectivity index (χ2n) is 4.60. The highest BCUT2D eigenvalue weighted by molar-refractivity contribution is 7.99. The molecule has 2 heterocycles. The first-order chi connectivity index (χ1) is 11.2. The molecule has 0 radical (unpaired) electrons. The monoisotopic (exact) mass is 327 g/mol. The summed E-state index contributed by atoms with van der Waals surface area (Å²) in [5, 5.41) is 10.9. The summed E-state index contributed by atoms with van der Waals surface area (Å²) in [7, 11) is 0. The number of carbonyl (C=O) groups excluding carboxylic acids is 1. The summed E-state index contributed by atoms with van der Waals surface area (Å²) >= 11 is 1.16. The Bertz CT molecular complexity index is 806. The molecule has 116 valence electrons. The van der Waals surface area contributed by atoms with Gasteiger partial charge in [0.15, 0.2) is 0 Å². The Kier molecular flexibility index (Phi) is 4.62. The average molecular weight is 327 g/mol. The molecule has 0 spiro atoms. The summed E-state index contributed by atoms with van der Waals surface area (Å²) in [5.74, 6) is 0.603. The number of carbonyl (C=O) groups is 1. The number of aryl methyl sites for hydroxylation is 1. The minimum atomic E-state index is -0.239. The number of rotatable bonds is 5. The predicted molar refractivity (Wildman–Crippen MR) is 85.9 cm³/mol. The lowest BCUT2D eigenvalue weighted by molar-refractivity contribution is -0.113. The Morgan fingerprint density at radius 2 is 1.96 bits per heavy atom. The summed E-state index contributed by atoms with van der Waals surface area (Å²) in [5.41, 5.74) is 1.93. The van der Waals surface area contributed by atoms with Crippen LogP contribution in [0.4, 0.5) is 5.95 Å². The van der Waals surface area contributed by atoms with Gasteiger partial charge in [-0.2, -0.15) is 0 Å². The smallest absolute Gasteiger partial charge is 0.277 e. The van der Waals surface area contributed by atoms with Crippen molar-refractivity contribution in [3.8, 4) is 11.5 Å². The third-order valence-corrected chi connectivity index (χ3v) is 3.74. The van der Waals surface area contributed by atoms with Gasteiger partial charge in [-0.1, -0.05) is 30.0 Å². The Labute approximate surface area is 136 Å². The maximum absolute atomic E-state index is 11.8. The molecule has 0 saturated carbocycles. The largest absolute Gasteiger partial charge is 0.411 e. The van der Waals surface area contributed by atoms with Crippen molar-refractivity contribution < 1.29 is 9.21 Å². The van der Waals surface area contributed by atoms with Crippen molar-refractivity contribution in [3.05, 3.63) is 48.3 Å². The van der Waals surface area contributed by atoms with Crippen LogP contribution in [0.5, 0.6) is 0 Å². The maximum Gasteiger partial charge on any atom is 0.277 e. The zero-order valence-electron chi connectivity index (χ0n) is 12.3. The Morgan fingerprint density at radius 1 is 1.17 bits per heavy atom. The molecule has 2 aromatic heterocycles. The maximum atomic E-state index is 11.8. The molecule has 1 aromatic carbocycles. The first kappa shape index (κ1) is 15.2. The van der Waals surface area contributed by atoms with E-state index in [4.69, 9.17) is 4.42 Å². The fourth-order valence-corrected chi connectivity index (χ4v) is 2.40. The van der Waals surface area contributed by atoms with E-state index in [-0.39, 0.29) is 17.6 Å². The molecule has 7 nitrogen and oxygen atoms in total. The van der Waals surface area contributed by atoms with E-state index in [1.807, 2.05) is 31.2 Å². The van der Waals surface area contributed by atoms with Crippen LogP contribution in [-0.4, -0.2) is 31.8 Å². The van der Waals surface area contributed by atoms with Crippen LogP contribution in [-0.2, 0) is 4.79 Å². The SMILES string of the molecule is Cc1ccccc1-c1nnc(SCC(=O)Nc2ncccn2)o1. The minimum absolute atomic E-state index is 0.133. The van der Waals surface area contributed by atoms with Crippen molar-refractivity contribution >= 4 is 23.6 Å². The molecule has 23 heavy (non-hydrogen) atoms. The summed E-state index contributed by atoms with van der Waals surface area (Å²) in [6, 6.07) is 9.42. The number of hydrogen-bond acceptors (Lipinski definition) is 7. The number of benzene rings is 1. The zero-order chi connectivity index (χ0) is 16.1. The molecular formula is C15H13N5O2S. The average Bonchev–Trinajstić information content (AvgIpc) is 3.03. The summed E-state index contributed by atoms with van der Waals surface area (Å²) in [4.78, 5) is 19.7. The highest BCUT2D eigenvalue weighted by Gasteiger charge is 2.13. The molecule has 3 rings (SSSR count). The van der Waals surface area contributed by atoms with Gasteiger partial charge in [-0.15, -0.1) is 10.2 Å². The van der Waals surface area contributed by atoms with Crippen LogP contribution >= 0.6 is 11.8 Å². The normalized spacial score (nSPS) is 10.5. The highest BCUT2D eigenvalue weighted by atomic mass is 32.2. The third-order valence-electron chi connectivity index (χ3n) is 2.93. The van der Waals surface area contributed by atoms with Gasteiger partial charge < -0.3 is 4.42 Å². The highest BCUT2D eigenvalue weighted by Crippen LogP contribution is 2.25. The molecule has 1 N–H and O–H groups in total. The van der Waals surface area contributed by atoms with E-state index in [9.17, 15) is 4.79 Å². The quantitative estimate of drug-likeness (QED) is 0.720. The van der Waals surface area contributed by atoms with Crippen LogP contribution in [0.25, 0.3) is 11.5 Å². The fourth-order valence-electron chi connectivity index (χ4n) is 1.84. The molecule has 0 bridgehead atoms. The molecule has 3 aromatic rings. The molecule has 0 aliphatic rings. The van der Waals surface area contributed by atoms with Crippen LogP contribution < -0.4 is 5.32 Å². The molecule has 0 unspecified atom stereocenters. The van der Waals surface area contributed by atoms with Crippen LogP contribution in [0.15, 0.2) is 52.4 Å². The fraction of sp³-hybridized carbons (Fsp3) is 0.133. The second kappa shape index (κ2) is 7.01. The van der Waals surface area contributed by atoms with Crippen molar-refractivity contribution in [2.45, 2.75) is 12.1 Å². The summed E-state index contributed by atoms with van der Waals surface area (Å²) in [6.07, 6.45) is 3.12. The minimum Gasteiger partial charge on any atom is -0.411 e. The standard InChI is InChI=1S/C15H13N5O2S/c1-10-5-2-3-6-11(10)13-19-20-15(22-13)23-9-12(21)18-14-16-7-4-8-17-14/h2-8H,9H2,1H3,(H,16,17,18,21). The Hall–Kier alpha value is -2.74. The molecular weight excluding hydrogens is 314 g/mol. The lowest BCUT2D eigenvalue weighted by atomic mass is 10.1. The number of nitrogens with zero attached hydrogens (tertiary/aromatic N) is 4. The zero-order valence-corrected chi connectivity index (χ0v) is 13.1. The molecule has 0 fully saturated rings. The Morgan fingerprint density at radius 3 is 2.74 bits per heavy atom. The van der Waals surface area contributed by atoms with E-state index >= 15 is 0 Å². The van der Waals surface area contributed by atoms with E-state index in [2.05, 4.69) is 25.5 Å². The van der Waals surface area contributed by atoms with Gasteiger partial charge in [0, 0.05) is 18.0 Å². The van der Waals surface area contributed by atoms with Crippen LogP contribution in [0.2, 0.25) is 0 Å². The topological polar surface area (TPSA) is 93.8 Å². The van der Waals surface area contributed by atoms with E-state index in [1.54, 1.807) is 18.5 Å². The van der Waals surface area contributed by atoms with Gasteiger partial charge in [0.1, 0.15) is 0 Å². The first-order valence-corrected chi connectivity index (χ1v) is 7.80. The molecule has 0 atom stereocenters. The van der Waals surface area contributed by atoms with Gasteiger partial charge in [0.25, 0.3) is 5.22 Å². The van der Waals surface area contributed by atoms with Crippen molar-refractivity contribution in [1.82, 2.24) is 20.2 Å². The molecule has 0 aliphatic carbocycles. The predicted octanol–water partition coefficient (Wildman–Crippen LogP) is 2.57. The van der Waals surface area contributed by atoms with Gasteiger partial charge in [0.2, 0.25) is 17.7 Å². The van der Waals surface area contributed by atoms with Crippen LogP contribution in [0.3, 0.4) is 0 Å². The molecule has 1 amide bonds. The lowest BCUT2D eigenvalue weighted by Gasteiger charge is -2.01. The van der Waals surface area contributed by atoms with E-state index in [1.165, 1.54) is 0 Å². The van der Waals surface area contributed by atoms with Crippen molar-refractivity contribution in [2.75, 3.05) is 11.1 Å². The van der Waals surface area contributed by atoms with Crippen molar-refractivity contribution in [3.63, 3.8) is 0 Å². The number of aromatic nitrogens is 4. The van der Waals surface area contributed by atoms with Crippen LogP contribution in [0, 0.1) is 6.92 Å².